The molecule has 77 heavy (non-hydrogen) atoms. The van der Waals surface area contributed by atoms with Crippen molar-refractivity contribution in [3.05, 3.63) is 110 Å². The van der Waals surface area contributed by atoms with Crippen LogP contribution in [0, 0.1) is 0 Å². The van der Waals surface area contributed by atoms with Gasteiger partial charge in [0, 0.05) is 133 Å². The van der Waals surface area contributed by atoms with E-state index in [1.54, 1.807) is 31.0 Å². The fourth-order valence-electron chi connectivity index (χ4n) is 10.7. The molecule has 8 N–H and O–H groups in total. The number of rotatable bonds is 14. The average molecular weight is 1040 g/mol. The topological polar surface area (TPSA) is 260 Å². The smallest absolute Gasteiger partial charge is 0.223 e. The quantitative estimate of drug-likeness (QED) is 0.0528. The van der Waals surface area contributed by atoms with Crippen LogP contribution in [0.15, 0.2) is 110 Å². The van der Waals surface area contributed by atoms with Gasteiger partial charge in [-0.1, -0.05) is 0 Å². The molecule has 0 saturated heterocycles. The summed E-state index contributed by atoms with van der Waals surface area (Å²) in [6, 6.07) is 18.7. The van der Waals surface area contributed by atoms with Gasteiger partial charge in [0.2, 0.25) is 17.8 Å². The second kappa shape index (κ2) is 25.1. The van der Waals surface area contributed by atoms with Gasteiger partial charge in [0.05, 0.1) is 42.0 Å². The second-order valence-electron chi connectivity index (χ2n) is 20.3. The third-order valence-electron chi connectivity index (χ3n) is 14.8. The van der Waals surface area contributed by atoms with Gasteiger partial charge in [-0.25, -0.2) is 44.9 Å². The van der Waals surface area contributed by atoms with Gasteiger partial charge < -0.3 is 55.4 Å². The van der Waals surface area contributed by atoms with Crippen LogP contribution in [0.5, 0.6) is 0 Å². The van der Waals surface area contributed by atoms with Gasteiger partial charge in [-0.3, -0.25) is 0 Å². The number of likely N-dealkylation sites (N-methyl/N-ethyl adjacent to an activating group) is 1. The fraction of sp³-hybridized carbons (Fsp3) is 0.421. The Labute approximate surface area is 447 Å². The molecule has 20 heteroatoms. The van der Waals surface area contributed by atoms with Gasteiger partial charge in [-0.15, -0.1) is 0 Å². The van der Waals surface area contributed by atoms with Crippen LogP contribution in [0.3, 0.4) is 0 Å². The molecule has 0 spiro atoms. The minimum Gasteiger partial charge on any atom is -0.395 e. The number of aliphatic hydroxyl groups is 4. The molecule has 3 aliphatic carbocycles. The zero-order valence-corrected chi connectivity index (χ0v) is 43.8. The molecule has 0 unspecified atom stereocenters. The van der Waals surface area contributed by atoms with Crippen molar-refractivity contribution in [2.24, 2.45) is 7.05 Å². The number of hydrogen-bond donors (Lipinski definition) is 8. The number of aliphatic hydroxyl groups excluding tert-OH is 4. The number of anilines is 3. The van der Waals surface area contributed by atoms with Crippen LogP contribution in [0.1, 0.15) is 77.0 Å². The molecular weight excluding hydrogens is 973 g/mol. The van der Waals surface area contributed by atoms with Gasteiger partial charge in [-0.05, 0) is 139 Å². The van der Waals surface area contributed by atoms with Crippen LogP contribution in [-0.2, 0) is 20.1 Å². The summed E-state index contributed by atoms with van der Waals surface area (Å²) in [5, 5.41) is 54.9. The molecule has 9 aromatic rings. The first-order valence-electron chi connectivity index (χ1n) is 27.1. The summed E-state index contributed by atoms with van der Waals surface area (Å²) in [4.78, 5) is 40.7. The predicted octanol–water partition coefficient (Wildman–Crippen LogP) is 7.37. The summed E-state index contributed by atoms with van der Waals surface area (Å²) < 4.78 is 6.13. The molecule has 0 aliphatic heterocycles. The highest BCUT2D eigenvalue weighted by Crippen LogP contribution is 2.32. The molecule has 3 saturated carbocycles. The minimum atomic E-state index is -0.176. The van der Waals surface area contributed by atoms with Crippen molar-refractivity contribution >= 4 is 50.9 Å². The number of nitrogens with one attached hydrogen (secondary N) is 4. The first-order valence-corrected chi connectivity index (χ1v) is 27.1. The Balaban J connectivity index is 0.000000131. The lowest BCUT2D eigenvalue weighted by atomic mass is 9.93. The van der Waals surface area contributed by atoms with Gasteiger partial charge >= 0.3 is 0 Å². The van der Waals surface area contributed by atoms with E-state index in [0.717, 1.165) is 157 Å². The first kappa shape index (κ1) is 52.9. The molecule has 9 heterocycles. The molecule has 0 bridgehead atoms. The number of aryl methyl sites for hydroxylation is 1. The van der Waals surface area contributed by atoms with E-state index in [9.17, 15) is 20.4 Å². The molecule has 0 radical (unpaired) electrons. The Kier molecular flexibility index (Phi) is 17.3. The van der Waals surface area contributed by atoms with Gasteiger partial charge in [0.25, 0.3) is 0 Å². The molecule has 12 rings (SSSR count). The highest BCUT2D eigenvalue weighted by molar-refractivity contribution is 5.95. The molecule has 3 aliphatic rings. The Morgan fingerprint density at radius 2 is 0.818 bits per heavy atom. The van der Waals surface area contributed by atoms with Crippen LogP contribution in [-0.4, -0.2) is 136 Å². The maximum Gasteiger partial charge on any atom is 0.223 e. The first-order chi connectivity index (χ1) is 37.7. The molecular formula is C57H70N16O4. The van der Waals surface area contributed by atoms with Gasteiger partial charge in [0.1, 0.15) is 16.9 Å². The van der Waals surface area contributed by atoms with E-state index in [0.29, 0.717) is 42.5 Å². The Hall–Kier alpha value is -7.49. The van der Waals surface area contributed by atoms with E-state index in [-0.39, 0.29) is 24.9 Å². The van der Waals surface area contributed by atoms with Crippen molar-refractivity contribution in [3.8, 4) is 33.8 Å². The maximum absolute atomic E-state index is 9.68. The average Bonchev–Trinajstić information content (AvgIpc) is 4.18. The van der Waals surface area contributed by atoms with E-state index in [1.165, 1.54) is 0 Å². The summed E-state index contributed by atoms with van der Waals surface area (Å²) in [5.74, 6) is 1.90. The normalized spacial score (nSPS) is 20.5. The molecule has 0 aromatic carbocycles. The summed E-state index contributed by atoms with van der Waals surface area (Å²) >= 11 is 0. The lowest BCUT2D eigenvalue weighted by Gasteiger charge is -2.26. The van der Waals surface area contributed by atoms with Crippen molar-refractivity contribution in [2.45, 2.75) is 127 Å². The number of pyridine rings is 3. The van der Waals surface area contributed by atoms with E-state index in [1.807, 2.05) is 78.1 Å². The summed E-state index contributed by atoms with van der Waals surface area (Å²) in [6.45, 7) is 2.28. The Bertz CT molecular complexity index is 3340. The number of hydrogen-bond acceptors (Lipinski definition) is 17. The van der Waals surface area contributed by atoms with Crippen LogP contribution < -0.4 is 21.3 Å². The number of fused-ring (bicyclic) bond motifs is 3. The van der Waals surface area contributed by atoms with Crippen LogP contribution >= 0.6 is 0 Å². The molecule has 20 nitrogen and oxygen atoms in total. The van der Waals surface area contributed by atoms with E-state index in [4.69, 9.17) is 15.0 Å². The van der Waals surface area contributed by atoms with Gasteiger partial charge in [0.15, 0.2) is 0 Å². The summed E-state index contributed by atoms with van der Waals surface area (Å²) in [5.41, 5.74) is 8.47. The monoisotopic (exact) mass is 1040 g/mol. The van der Waals surface area contributed by atoms with E-state index >= 15 is 0 Å². The highest BCUT2D eigenvalue weighted by Gasteiger charge is 2.24. The summed E-state index contributed by atoms with van der Waals surface area (Å²) in [6.07, 6.45) is 27.0. The summed E-state index contributed by atoms with van der Waals surface area (Å²) in [7, 11) is 3.94. The van der Waals surface area contributed by atoms with Crippen LogP contribution in [0.4, 0.5) is 17.8 Å². The molecule has 9 aromatic heterocycles. The molecule has 0 atom stereocenters. The van der Waals surface area contributed by atoms with Crippen LogP contribution in [0.2, 0.25) is 0 Å². The van der Waals surface area contributed by atoms with E-state index < -0.39 is 0 Å². The van der Waals surface area contributed by atoms with Crippen molar-refractivity contribution in [3.63, 3.8) is 0 Å². The third kappa shape index (κ3) is 13.0. The zero-order valence-electron chi connectivity index (χ0n) is 43.8. The molecule has 0 amide bonds. The van der Waals surface area contributed by atoms with Crippen molar-refractivity contribution < 1.29 is 20.4 Å². The third-order valence-corrected chi connectivity index (χ3v) is 14.8. The SMILES string of the molecule is CNCCn1cc(-c2ccnc(NC3CCC(O)CC3)n2)c2cccnc21.Cn1cc(-c2ccnc(NC3CCC(O)CC3)n2)c2cccnc21.OCCn1cc(-c2ccnc(NC3CCC(O)CC3)n2)c2cccnc21. The predicted molar refractivity (Wildman–Crippen MR) is 300 cm³/mol. The number of nitrogens with zero attached hydrogens (tertiary/aromatic N) is 12. The second-order valence-corrected chi connectivity index (χ2v) is 20.3. The molecule has 3 fully saturated rings. The van der Waals surface area contributed by atoms with Crippen LogP contribution in [0.25, 0.3) is 66.9 Å². The Morgan fingerprint density at radius 1 is 0.455 bits per heavy atom. The van der Waals surface area contributed by atoms with Crippen molar-refractivity contribution in [2.75, 3.05) is 36.1 Å². The molecule has 402 valence electrons. The largest absolute Gasteiger partial charge is 0.395 e. The van der Waals surface area contributed by atoms with Crippen molar-refractivity contribution in [1.29, 1.82) is 0 Å². The van der Waals surface area contributed by atoms with Crippen molar-refractivity contribution in [1.82, 2.24) is 63.9 Å². The van der Waals surface area contributed by atoms with E-state index in [2.05, 4.69) is 80.3 Å². The zero-order chi connectivity index (χ0) is 53.1. The Morgan fingerprint density at radius 3 is 1.21 bits per heavy atom. The fourth-order valence-corrected chi connectivity index (χ4v) is 10.7. The standard InChI is InChI=1S/C20H26N6O.C19H23N5O2.C18H21N5O/c1-21-11-12-26-13-17(16-3-2-9-22-19(16)26)18-8-10-23-20(25-18)24-14-4-6-15(27)7-5-14;25-11-10-24-12-16(15-2-1-8-20-18(15)24)17-7-9-21-19(23-17)22-13-3-5-14(26)6-4-13;1-23-11-15(14-3-2-9-19-17(14)23)16-8-10-20-18(22-16)21-12-4-6-13(24)7-5-12/h2-3,8-10,13-15,21,27H,4-7,11-12H2,1H3,(H,23,24,25);1-2,7-9,12-14,25-26H,3-6,10-11H2,(H,21,22,23);2-3,8-13,24H,4-7H2,1H3,(H,20,21,22). The lowest BCUT2D eigenvalue weighted by molar-refractivity contribution is 0.125. The highest BCUT2D eigenvalue weighted by atomic mass is 16.3. The number of aromatic nitrogens is 12. The maximum atomic E-state index is 9.68. The minimum absolute atomic E-state index is 0.0594. The van der Waals surface area contributed by atoms with Gasteiger partial charge in [-0.2, -0.15) is 0 Å². The lowest BCUT2D eigenvalue weighted by Crippen LogP contribution is -2.28.